The average molecular weight is 305 g/mol. The summed E-state index contributed by atoms with van der Waals surface area (Å²) in [5, 5.41) is 2.89. The number of unbranched alkanes of at least 4 members (excludes halogenated alkanes) is 1. The zero-order valence-electron chi connectivity index (χ0n) is 13.1. The lowest BCUT2D eigenvalue weighted by Gasteiger charge is -2.14. The molecular formula is C17H23NO4. The molecule has 0 bridgehead atoms. The van der Waals surface area contributed by atoms with E-state index < -0.39 is 6.10 Å². The van der Waals surface area contributed by atoms with Gasteiger partial charge in [-0.3, -0.25) is 4.79 Å². The van der Waals surface area contributed by atoms with Crippen LogP contribution in [0.5, 0.6) is 5.75 Å². The third-order valence-electron chi connectivity index (χ3n) is 3.43. The van der Waals surface area contributed by atoms with Gasteiger partial charge in [0.2, 0.25) is 0 Å². The molecule has 1 amide bonds. The van der Waals surface area contributed by atoms with E-state index in [0.29, 0.717) is 24.0 Å². The second-order valence-electron chi connectivity index (χ2n) is 5.56. The van der Waals surface area contributed by atoms with Crippen LogP contribution in [0, 0.1) is 0 Å². The third-order valence-corrected chi connectivity index (χ3v) is 3.43. The SMILES string of the molecule is CCCCOC(=O)c1ccc(O[C@@H](C)C(=O)NC2CC2)cc1. The number of esters is 1. The number of amides is 1. The van der Waals surface area contributed by atoms with Gasteiger partial charge in [-0.1, -0.05) is 13.3 Å². The molecule has 1 N–H and O–H groups in total. The summed E-state index contributed by atoms with van der Waals surface area (Å²) in [6, 6.07) is 6.97. The van der Waals surface area contributed by atoms with Crippen LogP contribution in [0.1, 0.15) is 49.9 Å². The van der Waals surface area contributed by atoms with Crippen LogP contribution in [0.25, 0.3) is 0 Å². The first-order chi connectivity index (χ1) is 10.6. The van der Waals surface area contributed by atoms with Crippen molar-refractivity contribution in [3.05, 3.63) is 29.8 Å². The highest BCUT2D eigenvalue weighted by atomic mass is 16.5. The minimum absolute atomic E-state index is 0.106. The number of benzene rings is 1. The molecule has 0 radical (unpaired) electrons. The summed E-state index contributed by atoms with van der Waals surface area (Å²) in [6.07, 6.45) is 3.39. The van der Waals surface area contributed by atoms with Crippen molar-refractivity contribution in [1.29, 1.82) is 0 Å². The standard InChI is InChI=1S/C17H23NO4/c1-3-4-11-21-17(20)13-5-9-15(10-6-13)22-12(2)16(19)18-14-7-8-14/h5-6,9-10,12,14H,3-4,7-8,11H2,1-2H3,(H,18,19)/t12-/m0/s1. The molecular weight excluding hydrogens is 282 g/mol. The van der Waals surface area contributed by atoms with E-state index in [-0.39, 0.29) is 11.9 Å². The highest BCUT2D eigenvalue weighted by Crippen LogP contribution is 2.19. The molecule has 120 valence electrons. The first-order valence-corrected chi connectivity index (χ1v) is 7.84. The molecule has 1 aromatic carbocycles. The van der Waals surface area contributed by atoms with E-state index in [1.807, 2.05) is 6.92 Å². The van der Waals surface area contributed by atoms with E-state index >= 15 is 0 Å². The van der Waals surface area contributed by atoms with Crippen molar-refractivity contribution in [2.24, 2.45) is 0 Å². The van der Waals surface area contributed by atoms with Crippen LogP contribution in [0.15, 0.2) is 24.3 Å². The molecule has 22 heavy (non-hydrogen) atoms. The van der Waals surface area contributed by atoms with Crippen LogP contribution in [-0.4, -0.2) is 30.6 Å². The van der Waals surface area contributed by atoms with E-state index in [1.165, 1.54) is 0 Å². The first-order valence-electron chi connectivity index (χ1n) is 7.84. The number of hydrogen-bond donors (Lipinski definition) is 1. The Labute approximate surface area is 131 Å². The average Bonchev–Trinajstić information content (AvgIpc) is 3.32. The van der Waals surface area contributed by atoms with Crippen LogP contribution >= 0.6 is 0 Å². The summed E-state index contributed by atoms with van der Waals surface area (Å²) < 4.78 is 10.7. The summed E-state index contributed by atoms with van der Waals surface area (Å²) in [6.45, 7) is 4.19. The Morgan fingerprint density at radius 2 is 1.95 bits per heavy atom. The highest BCUT2D eigenvalue weighted by Gasteiger charge is 2.26. The predicted molar refractivity (Wildman–Crippen MR) is 82.9 cm³/mol. The number of ether oxygens (including phenoxy) is 2. The molecule has 1 aliphatic carbocycles. The number of hydrogen-bond acceptors (Lipinski definition) is 4. The molecule has 1 fully saturated rings. The minimum Gasteiger partial charge on any atom is -0.481 e. The van der Waals surface area contributed by atoms with Crippen LogP contribution in [-0.2, 0) is 9.53 Å². The topological polar surface area (TPSA) is 64.6 Å². The molecule has 1 aliphatic rings. The Hall–Kier alpha value is -2.04. The van der Waals surface area contributed by atoms with Crippen molar-refractivity contribution >= 4 is 11.9 Å². The summed E-state index contributed by atoms with van der Waals surface area (Å²) in [5.41, 5.74) is 0.485. The molecule has 0 aromatic heterocycles. The molecule has 1 aromatic rings. The monoisotopic (exact) mass is 305 g/mol. The van der Waals surface area contributed by atoms with Crippen molar-refractivity contribution in [2.75, 3.05) is 6.61 Å². The lowest BCUT2D eigenvalue weighted by molar-refractivity contribution is -0.127. The lowest BCUT2D eigenvalue weighted by Crippen LogP contribution is -2.37. The predicted octanol–water partition coefficient (Wildman–Crippen LogP) is 2.69. The second kappa shape index (κ2) is 7.82. The summed E-state index contributed by atoms with van der Waals surface area (Å²) in [5.74, 6) is 0.119. The van der Waals surface area contributed by atoms with Crippen molar-refractivity contribution in [3.63, 3.8) is 0 Å². The molecule has 2 rings (SSSR count). The van der Waals surface area contributed by atoms with Crippen LogP contribution < -0.4 is 10.1 Å². The van der Waals surface area contributed by atoms with Gasteiger partial charge < -0.3 is 14.8 Å². The molecule has 5 nitrogen and oxygen atoms in total. The molecule has 1 saturated carbocycles. The van der Waals surface area contributed by atoms with Gasteiger partial charge in [-0.2, -0.15) is 0 Å². The Morgan fingerprint density at radius 1 is 1.27 bits per heavy atom. The number of carbonyl (C=O) groups is 2. The van der Waals surface area contributed by atoms with Gasteiger partial charge in [0.15, 0.2) is 6.10 Å². The number of nitrogens with one attached hydrogen (secondary N) is 1. The lowest BCUT2D eigenvalue weighted by atomic mass is 10.2. The zero-order chi connectivity index (χ0) is 15.9. The number of rotatable bonds is 8. The Bertz CT molecular complexity index is 508. The van der Waals surface area contributed by atoms with E-state index in [0.717, 1.165) is 25.7 Å². The maximum absolute atomic E-state index is 11.8. The van der Waals surface area contributed by atoms with Gasteiger partial charge in [-0.25, -0.2) is 4.79 Å². The molecule has 0 saturated heterocycles. The third kappa shape index (κ3) is 5.06. The molecule has 1 atom stereocenters. The molecule has 0 spiro atoms. The minimum atomic E-state index is -0.553. The largest absolute Gasteiger partial charge is 0.481 e. The second-order valence-corrected chi connectivity index (χ2v) is 5.56. The molecule has 5 heteroatoms. The summed E-state index contributed by atoms with van der Waals surface area (Å²) >= 11 is 0. The van der Waals surface area contributed by atoms with Crippen molar-refractivity contribution in [3.8, 4) is 5.75 Å². The Kier molecular flexibility index (Phi) is 5.81. The maximum Gasteiger partial charge on any atom is 0.338 e. The summed E-state index contributed by atoms with van der Waals surface area (Å²) in [7, 11) is 0. The van der Waals surface area contributed by atoms with Crippen LogP contribution in [0.3, 0.4) is 0 Å². The van der Waals surface area contributed by atoms with E-state index in [9.17, 15) is 9.59 Å². The molecule has 0 heterocycles. The fourth-order valence-corrected chi connectivity index (χ4v) is 1.87. The van der Waals surface area contributed by atoms with E-state index in [2.05, 4.69) is 5.32 Å². The van der Waals surface area contributed by atoms with Gasteiger partial charge in [0.05, 0.1) is 12.2 Å². The van der Waals surface area contributed by atoms with E-state index in [1.54, 1.807) is 31.2 Å². The van der Waals surface area contributed by atoms with Crippen molar-refractivity contribution in [2.45, 2.75) is 51.7 Å². The van der Waals surface area contributed by atoms with Crippen LogP contribution in [0.2, 0.25) is 0 Å². The zero-order valence-corrected chi connectivity index (χ0v) is 13.1. The molecule has 0 aliphatic heterocycles. The number of carbonyl (C=O) groups excluding carboxylic acids is 2. The maximum atomic E-state index is 11.8. The molecule has 0 unspecified atom stereocenters. The van der Waals surface area contributed by atoms with Gasteiger partial charge in [-0.05, 0) is 50.5 Å². The Balaban J connectivity index is 1.82. The van der Waals surface area contributed by atoms with Gasteiger partial charge in [0, 0.05) is 6.04 Å². The summed E-state index contributed by atoms with van der Waals surface area (Å²) in [4.78, 5) is 23.6. The first kappa shape index (κ1) is 16.3. The Morgan fingerprint density at radius 3 is 2.55 bits per heavy atom. The van der Waals surface area contributed by atoms with Crippen molar-refractivity contribution < 1.29 is 19.1 Å². The highest BCUT2D eigenvalue weighted by molar-refractivity contribution is 5.89. The van der Waals surface area contributed by atoms with Gasteiger partial charge in [0.25, 0.3) is 5.91 Å². The quantitative estimate of drug-likeness (QED) is 0.592. The fraction of sp³-hybridized carbons (Fsp3) is 0.529. The smallest absolute Gasteiger partial charge is 0.338 e. The van der Waals surface area contributed by atoms with E-state index in [4.69, 9.17) is 9.47 Å². The normalized spacial score (nSPS) is 15.0. The van der Waals surface area contributed by atoms with Gasteiger partial charge in [-0.15, -0.1) is 0 Å². The fourth-order valence-electron chi connectivity index (χ4n) is 1.87. The van der Waals surface area contributed by atoms with Gasteiger partial charge in [0.1, 0.15) is 5.75 Å². The van der Waals surface area contributed by atoms with Gasteiger partial charge >= 0.3 is 5.97 Å². The van der Waals surface area contributed by atoms with Crippen LogP contribution in [0.4, 0.5) is 0 Å². The van der Waals surface area contributed by atoms with Crippen molar-refractivity contribution in [1.82, 2.24) is 5.32 Å².